The average molecular weight is 529 g/mol. The molecule has 1 N–H and O–H groups in total. The summed E-state index contributed by atoms with van der Waals surface area (Å²) in [5.74, 6) is -1.18. The smallest absolute Gasteiger partial charge is 0.268 e. The number of fused-ring (bicyclic) bond motifs is 1. The first kappa shape index (κ1) is 25.5. The quantitative estimate of drug-likeness (QED) is 0.303. The molecule has 0 aliphatic carbocycles. The number of nitrogens with zero attached hydrogens (tertiary/aromatic N) is 3. The van der Waals surface area contributed by atoms with Crippen molar-refractivity contribution in [1.82, 2.24) is 14.5 Å². The molecule has 0 unspecified atom stereocenters. The summed E-state index contributed by atoms with van der Waals surface area (Å²) >= 11 is 0. The van der Waals surface area contributed by atoms with Gasteiger partial charge in [0, 0.05) is 35.8 Å². The lowest BCUT2D eigenvalue weighted by Crippen LogP contribution is -2.29. The van der Waals surface area contributed by atoms with Crippen molar-refractivity contribution < 1.29 is 23.0 Å². The minimum absolute atomic E-state index is 0.0948. The zero-order valence-electron chi connectivity index (χ0n) is 21.2. The minimum Gasteiger partial charge on any atom is -0.495 e. The molecule has 0 aliphatic rings. The van der Waals surface area contributed by atoms with Gasteiger partial charge in [-0.15, -0.1) is 0 Å². The van der Waals surface area contributed by atoms with Gasteiger partial charge in [0.25, 0.3) is 11.5 Å². The third-order valence-electron chi connectivity index (χ3n) is 6.08. The van der Waals surface area contributed by atoms with Crippen LogP contribution in [0.2, 0.25) is 0 Å². The Morgan fingerprint density at radius 1 is 0.949 bits per heavy atom. The molecule has 0 bridgehead atoms. The second-order valence-electron chi connectivity index (χ2n) is 8.71. The third-order valence-corrected chi connectivity index (χ3v) is 6.08. The van der Waals surface area contributed by atoms with Crippen LogP contribution in [0, 0.1) is 25.5 Å². The van der Waals surface area contributed by atoms with Gasteiger partial charge in [-0.3, -0.25) is 19.1 Å². The topological polar surface area (TPSA) is 95.3 Å². The maximum absolute atomic E-state index is 15.0. The van der Waals surface area contributed by atoms with E-state index in [0.29, 0.717) is 33.7 Å². The van der Waals surface area contributed by atoms with Gasteiger partial charge in [0.1, 0.15) is 22.6 Å². The van der Waals surface area contributed by atoms with Gasteiger partial charge in [-0.05, 0) is 61.9 Å². The monoisotopic (exact) mass is 528 g/mol. The van der Waals surface area contributed by atoms with E-state index in [4.69, 9.17) is 9.47 Å². The highest BCUT2D eigenvalue weighted by atomic mass is 19.1. The molecule has 5 rings (SSSR count). The summed E-state index contributed by atoms with van der Waals surface area (Å²) in [7, 11) is 1.51. The van der Waals surface area contributed by atoms with E-state index >= 15 is 0 Å². The zero-order valence-corrected chi connectivity index (χ0v) is 21.2. The van der Waals surface area contributed by atoms with Crippen molar-refractivity contribution >= 4 is 22.6 Å². The molecule has 39 heavy (non-hydrogen) atoms. The fraction of sp³-hybridized carbons (Fsp3) is 0.103. The summed E-state index contributed by atoms with van der Waals surface area (Å²) in [6, 6.07) is 14.2. The molecule has 0 atom stereocenters. The summed E-state index contributed by atoms with van der Waals surface area (Å²) in [6.45, 7) is 3.38. The summed E-state index contributed by atoms with van der Waals surface area (Å²) in [5.41, 5.74) is 1.86. The summed E-state index contributed by atoms with van der Waals surface area (Å²) in [4.78, 5) is 34.7. The van der Waals surface area contributed by atoms with Crippen LogP contribution in [-0.4, -0.2) is 27.6 Å². The van der Waals surface area contributed by atoms with Gasteiger partial charge >= 0.3 is 0 Å². The molecule has 0 radical (unpaired) electrons. The lowest BCUT2D eigenvalue weighted by molar-refractivity contribution is 0.102. The van der Waals surface area contributed by atoms with Crippen LogP contribution in [0.5, 0.6) is 17.2 Å². The number of pyridine rings is 3. The van der Waals surface area contributed by atoms with E-state index in [9.17, 15) is 18.4 Å². The number of nitrogens with one attached hydrogen (secondary N) is 1. The molecule has 5 aromatic rings. The fourth-order valence-electron chi connectivity index (χ4n) is 4.13. The van der Waals surface area contributed by atoms with E-state index in [-0.39, 0.29) is 22.7 Å². The number of carbonyl (C=O) groups excluding carboxylic acids is 1. The van der Waals surface area contributed by atoms with Gasteiger partial charge in [0.2, 0.25) is 0 Å². The highest BCUT2D eigenvalue weighted by molar-refractivity contribution is 6.04. The van der Waals surface area contributed by atoms with Crippen molar-refractivity contribution in [2.24, 2.45) is 0 Å². The van der Waals surface area contributed by atoms with Gasteiger partial charge in [-0.1, -0.05) is 0 Å². The number of hydrogen-bond acceptors (Lipinski definition) is 6. The lowest BCUT2D eigenvalue weighted by Gasteiger charge is -2.15. The molecule has 2 aromatic carbocycles. The Labute approximate surface area is 221 Å². The largest absolute Gasteiger partial charge is 0.495 e. The number of benzene rings is 2. The van der Waals surface area contributed by atoms with E-state index in [1.807, 2.05) is 0 Å². The third kappa shape index (κ3) is 5.04. The van der Waals surface area contributed by atoms with E-state index < -0.39 is 23.1 Å². The predicted octanol–water partition coefficient (Wildman–Crippen LogP) is 5.73. The summed E-state index contributed by atoms with van der Waals surface area (Å²) < 4.78 is 40.8. The first-order valence-electron chi connectivity index (χ1n) is 11.8. The minimum atomic E-state index is -0.741. The Hall–Kier alpha value is -5.12. The maximum Gasteiger partial charge on any atom is 0.268 e. The summed E-state index contributed by atoms with van der Waals surface area (Å²) in [5, 5.41) is 2.55. The molecule has 0 aliphatic heterocycles. The molecule has 0 saturated carbocycles. The van der Waals surface area contributed by atoms with Gasteiger partial charge in [-0.25, -0.2) is 13.8 Å². The van der Waals surface area contributed by atoms with E-state index in [1.165, 1.54) is 60.5 Å². The van der Waals surface area contributed by atoms with Crippen LogP contribution >= 0.6 is 0 Å². The number of ether oxygens (including phenoxy) is 2. The number of hydrogen-bond donors (Lipinski definition) is 1. The van der Waals surface area contributed by atoms with Gasteiger partial charge in [0.15, 0.2) is 17.3 Å². The Kier molecular flexibility index (Phi) is 6.76. The number of anilines is 1. The van der Waals surface area contributed by atoms with Crippen LogP contribution in [-0.2, 0) is 0 Å². The summed E-state index contributed by atoms with van der Waals surface area (Å²) in [6.07, 6.45) is 3.01. The van der Waals surface area contributed by atoms with Crippen molar-refractivity contribution in [1.29, 1.82) is 0 Å². The number of aromatic nitrogens is 3. The molecule has 8 nitrogen and oxygen atoms in total. The molecule has 0 saturated heterocycles. The molecule has 10 heteroatoms. The van der Waals surface area contributed by atoms with Crippen molar-refractivity contribution in [2.75, 3.05) is 12.4 Å². The van der Waals surface area contributed by atoms with Crippen molar-refractivity contribution in [2.45, 2.75) is 13.8 Å². The van der Waals surface area contributed by atoms with Gasteiger partial charge in [0.05, 0.1) is 24.5 Å². The number of amides is 1. The van der Waals surface area contributed by atoms with Crippen LogP contribution in [0.1, 0.15) is 21.6 Å². The second kappa shape index (κ2) is 10.3. The fourth-order valence-corrected chi connectivity index (χ4v) is 4.13. The number of rotatable bonds is 6. The highest BCUT2D eigenvalue weighted by Crippen LogP contribution is 2.31. The molecular formula is C29H22F2N4O4. The predicted molar refractivity (Wildman–Crippen MR) is 142 cm³/mol. The standard InChI is InChI=1S/C29H22F2N4O4/c1-16-12-18(30)5-8-24(16)35-17(2)4-7-21(29(35)37)28(36)34-19-6-9-25(22(31)13-19)39-26-10-11-32-23-14-20(38-3)15-33-27(23)26/h4-15H,1-3H3,(H,34,36). The van der Waals surface area contributed by atoms with Crippen LogP contribution in [0.4, 0.5) is 14.5 Å². The number of carbonyl (C=O) groups is 1. The zero-order chi connectivity index (χ0) is 27.7. The maximum atomic E-state index is 15.0. The molecule has 0 spiro atoms. The molecule has 196 valence electrons. The van der Waals surface area contributed by atoms with E-state index in [0.717, 1.165) is 6.07 Å². The lowest BCUT2D eigenvalue weighted by atomic mass is 10.1. The van der Waals surface area contributed by atoms with Crippen molar-refractivity contribution in [3.63, 3.8) is 0 Å². The Morgan fingerprint density at radius 2 is 1.77 bits per heavy atom. The SMILES string of the molecule is COc1cnc2c(Oc3ccc(NC(=O)c4ccc(C)n(-c5ccc(F)cc5C)c4=O)cc3F)ccnc2c1. The highest BCUT2D eigenvalue weighted by Gasteiger charge is 2.18. The number of aryl methyl sites for hydroxylation is 2. The van der Waals surface area contributed by atoms with Gasteiger partial charge in [-0.2, -0.15) is 0 Å². The Bertz CT molecular complexity index is 1800. The van der Waals surface area contributed by atoms with Crippen molar-refractivity contribution in [3.05, 3.63) is 112 Å². The van der Waals surface area contributed by atoms with E-state index in [1.54, 1.807) is 32.0 Å². The normalized spacial score (nSPS) is 10.9. The molecular weight excluding hydrogens is 506 g/mol. The second-order valence-corrected chi connectivity index (χ2v) is 8.71. The van der Waals surface area contributed by atoms with Crippen LogP contribution in [0.25, 0.3) is 16.7 Å². The van der Waals surface area contributed by atoms with Crippen LogP contribution < -0.4 is 20.3 Å². The van der Waals surface area contributed by atoms with Crippen LogP contribution in [0.3, 0.4) is 0 Å². The van der Waals surface area contributed by atoms with Crippen LogP contribution in [0.15, 0.2) is 77.9 Å². The van der Waals surface area contributed by atoms with Gasteiger partial charge < -0.3 is 14.8 Å². The molecule has 3 heterocycles. The number of methoxy groups -OCH3 is 1. The molecule has 0 fully saturated rings. The first-order valence-corrected chi connectivity index (χ1v) is 11.8. The first-order chi connectivity index (χ1) is 18.7. The Balaban J connectivity index is 1.40. The average Bonchev–Trinajstić information content (AvgIpc) is 2.91. The van der Waals surface area contributed by atoms with E-state index in [2.05, 4.69) is 15.3 Å². The molecule has 1 amide bonds. The number of halogens is 2. The molecule has 3 aromatic heterocycles. The Morgan fingerprint density at radius 3 is 2.51 bits per heavy atom. The van der Waals surface area contributed by atoms with Crippen molar-refractivity contribution in [3.8, 4) is 22.9 Å².